The standard InChI is InChI=1S/C36H43N5O7/c1-20-25-7-4-5-9-30(25)48-32(20)35(46)38-26(12-13-29(42)34(45)37-2)33(44)39-27-8-6-14-41(36(27)47)19-31(43)40(3)28-18-22-11-10-21-15-23(22)17-24(28)16-21/h4-9,14,21-24,26,28H,10-13,15-19H2,1-3H3,(H,37,45)(H,38,46)(H,39,44)/t21?,22?,23?,24?,26-,28?/m0/s1. The van der Waals surface area contributed by atoms with E-state index in [1.807, 2.05) is 24.1 Å². The first kappa shape index (κ1) is 33.2. The van der Waals surface area contributed by atoms with E-state index in [2.05, 4.69) is 16.0 Å². The number of Topliss-reactive ketones (excluding diaryl/α,β-unsaturated/α-hetero) is 1. The van der Waals surface area contributed by atoms with Gasteiger partial charge in [0.25, 0.3) is 17.4 Å². The van der Waals surface area contributed by atoms with Gasteiger partial charge in [0.05, 0.1) is 0 Å². The van der Waals surface area contributed by atoms with Crippen molar-refractivity contribution < 1.29 is 28.4 Å². The van der Waals surface area contributed by atoms with Gasteiger partial charge in [0.15, 0.2) is 5.76 Å². The number of benzene rings is 1. The van der Waals surface area contributed by atoms with Crippen molar-refractivity contribution in [1.82, 2.24) is 20.1 Å². The van der Waals surface area contributed by atoms with Crippen molar-refractivity contribution in [3.05, 3.63) is 64.3 Å². The first-order valence-corrected chi connectivity index (χ1v) is 16.8. The van der Waals surface area contributed by atoms with Gasteiger partial charge in [-0.2, -0.15) is 0 Å². The number of furan rings is 1. The van der Waals surface area contributed by atoms with Gasteiger partial charge in [-0.25, -0.2) is 0 Å². The maximum atomic E-state index is 13.6. The highest BCUT2D eigenvalue weighted by molar-refractivity contribution is 6.36. The number of amides is 4. The van der Waals surface area contributed by atoms with E-state index in [0.717, 1.165) is 30.1 Å². The number of carbonyl (C=O) groups is 5. The van der Waals surface area contributed by atoms with Crippen LogP contribution in [0, 0.1) is 30.6 Å². The Morgan fingerprint density at radius 1 is 0.979 bits per heavy atom. The fraction of sp³-hybridized carbons (Fsp3) is 0.500. The van der Waals surface area contributed by atoms with Crippen LogP contribution in [0.2, 0.25) is 0 Å². The van der Waals surface area contributed by atoms with Crippen LogP contribution in [0.3, 0.4) is 0 Å². The van der Waals surface area contributed by atoms with Crippen LogP contribution in [0.1, 0.15) is 67.5 Å². The molecule has 1 aromatic carbocycles. The van der Waals surface area contributed by atoms with Crippen LogP contribution in [0.15, 0.2) is 51.8 Å². The lowest BCUT2D eigenvalue weighted by molar-refractivity contribution is -0.137. The molecule has 0 spiro atoms. The lowest BCUT2D eigenvalue weighted by Gasteiger charge is -2.53. The van der Waals surface area contributed by atoms with Crippen LogP contribution < -0.4 is 21.5 Å². The normalized spacial score (nSPS) is 23.3. The first-order chi connectivity index (χ1) is 23.0. The smallest absolute Gasteiger partial charge is 0.287 e. The summed E-state index contributed by atoms with van der Waals surface area (Å²) < 4.78 is 7.02. The second-order valence-electron chi connectivity index (χ2n) is 13.7. The minimum Gasteiger partial charge on any atom is -0.451 e. The van der Waals surface area contributed by atoms with E-state index in [0.29, 0.717) is 23.0 Å². The van der Waals surface area contributed by atoms with E-state index in [1.54, 1.807) is 25.1 Å². The highest BCUT2D eigenvalue weighted by atomic mass is 16.3. The van der Waals surface area contributed by atoms with Crippen molar-refractivity contribution in [3.8, 4) is 0 Å². The summed E-state index contributed by atoms with van der Waals surface area (Å²) in [6, 6.07) is 8.98. The maximum Gasteiger partial charge on any atom is 0.287 e. The lowest BCUT2D eigenvalue weighted by atomic mass is 9.56. The third kappa shape index (κ3) is 6.65. The van der Waals surface area contributed by atoms with Gasteiger partial charge in [-0.3, -0.25) is 28.8 Å². The molecule has 3 saturated carbocycles. The van der Waals surface area contributed by atoms with Gasteiger partial charge in [0, 0.05) is 43.7 Å². The summed E-state index contributed by atoms with van der Waals surface area (Å²) in [5.74, 6) is -0.486. The monoisotopic (exact) mass is 657 g/mol. The van der Waals surface area contributed by atoms with Crippen LogP contribution in [-0.2, 0) is 25.7 Å². The zero-order chi connectivity index (χ0) is 34.1. The lowest BCUT2D eigenvalue weighted by Crippen LogP contribution is -2.52. The molecule has 3 N–H and O–H groups in total. The van der Waals surface area contributed by atoms with Crippen molar-refractivity contribution in [2.24, 2.45) is 23.7 Å². The number of ketones is 1. The van der Waals surface area contributed by atoms with E-state index < -0.39 is 35.1 Å². The summed E-state index contributed by atoms with van der Waals surface area (Å²) in [6.07, 6.45) is 8.18. The minimum absolute atomic E-state index is 0.00543. The van der Waals surface area contributed by atoms with Crippen LogP contribution in [0.4, 0.5) is 5.69 Å². The average Bonchev–Trinajstić information content (AvgIpc) is 3.42. The predicted octanol–water partition coefficient (Wildman–Crippen LogP) is 3.41. The van der Waals surface area contributed by atoms with E-state index in [4.69, 9.17) is 4.42 Å². The maximum absolute atomic E-state index is 13.6. The third-order valence-electron chi connectivity index (χ3n) is 10.9. The summed E-state index contributed by atoms with van der Waals surface area (Å²) in [7, 11) is 3.16. The minimum atomic E-state index is -1.29. The highest BCUT2D eigenvalue weighted by Crippen LogP contribution is 2.53. The van der Waals surface area contributed by atoms with Crippen molar-refractivity contribution in [2.45, 2.75) is 76.9 Å². The molecule has 4 amide bonds. The molecular formula is C36H43N5O7. The Kier molecular flexibility index (Phi) is 9.52. The van der Waals surface area contributed by atoms with Crippen LogP contribution >= 0.6 is 0 Å². The summed E-state index contributed by atoms with van der Waals surface area (Å²) in [5.41, 5.74) is 0.417. The summed E-state index contributed by atoms with van der Waals surface area (Å²) in [4.78, 5) is 79.8. The second kappa shape index (κ2) is 13.8. The van der Waals surface area contributed by atoms with Crippen molar-refractivity contribution >= 4 is 46.1 Å². The number of nitrogens with one attached hydrogen (secondary N) is 3. The van der Waals surface area contributed by atoms with Gasteiger partial charge in [-0.05, 0) is 87.3 Å². The van der Waals surface area contributed by atoms with E-state index in [1.165, 1.54) is 49.6 Å². The zero-order valence-corrected chi connectivity index (χ0v) is 27.6. The number of carbonyl (C=O) groups excluding carboxylic acids is 5. The van der Waals surface area contributed by atoms with Gasteiger partial charge < -0.3 is 29.8 Å². The molecular weight excluding hydrogens is 614 g/mol. The number of para-hydroxylation sites is 1. The molecule has 48 heavy (non-hydrogen) atoms. The molecule has 12 heteroatoms. The number of aromatic nitrogens is 1. The first-order valence-electron chi connectivity index (χ1n) is 16.8. The molecule has 3 aliphatic carbocycles. The number of fused-ring (bicyclic) bond motifs is 3. The predicted molar refractivity (Wildman–Crippen MR) is 178 cm³/mol. The number of aryl methyl sites for hydroxylation is 1. The summed E-state index contributed by atoms with van der Waals surface area (Å²) >= 11 is 0. The van der Waals surface area contributed by atoms with Gasteiger partial charge >= 0.3 is 0 Å². The van der Waals surface area contributed by atoms with Crippen molar-refractivity contribution in [1.29, 1.82) is 0 Å². The van der Waals surface area contributed by atoms with E-state index >= 15 is 0 Å². The molecule has 254 valence electrons. The molecule has 5 unspecified atom stereocenters. The van der Waals surface area contributed by atoms with Crippen molar-refractivity contribution in [2.75, 3.05) is 19.4 Å². The SMILES string of the molecule is CNC(=O)C(=O)CC[C@H](NC(=O)c1oc2ccccc2c1C)C(=O)Nc1cccn(CC(=O)N(C)C2CC3CCC4CC3CC2C4)c1=O. The number of anilines is 1. The Labute approximate surface area is 278 Å². The zero-order valence-electron chi connectivity index (χ0n) is 27.6. The Morgan fingerprint density at radius 3 is 2.52 bits per heavy atom. The number of nitrogens with zero attached hydrogens (tertiary/aromatic N) is 2. The third-order valence-corrected chi connectivity index (χ3v) is 10.9. The molecule has 2 aromatic heterocycles. The molecule has 6 atom stereocenters. The largest absolute Gasteiger partial charge is 0.451 e. The Morgan fingerprint density at radius 2 is 1.75 bits per heavy atom. The molecule has 3 bridgehead atoms. The van der Waals surface area contributed by atoms with Crippen LogP contribution in [-0.4, -0.2) is 65.1 Å². The van der Waals surface area contributed by atoms with Crippen molar-refractivity contribution in [3.63, 3.8) is 0 Å². The fourth-order valence-corrected chi connectivity index (χ4v) is 8.27. The van der Waals surface area contributed by atoms with E-state index in [-0.39, 0.29) is 42.8 Å². The number of hydrogen-bond donors (Lipinski definition) is 3. The second-order valence-corrected chi connectivity index (χ2v) is 13.7. The molecule has 0 saturated heterocycles. The Bertz CT molecular complexity index is 1810. The molecule has 0 radical (unpaired) electrons. The van der Waals surface area contributed by atoms with Gasteiger partial charge in [-0.1, -0.05) is 24.6 Å². The molecule has 3 fully saturated rings. The number of pyridine rings is 1. The Hall–Kier alpha value is -4.74. The molecule has 0 aliphatic heterocycles. The molecule has 3 aliphatic rings. The molecule has 12 nitrogen and oxygen atoms in total. The average molecular weight is 658 g/mol. The quantitative estimate of drug-likeness (QED) is 0.267. The molecule has 3 aromatic rings. The number of rotatable bonds is 11. The molecule has 2 heterocycles. The fourth-order valence-electron chi connectivity index (χ4n) is 8.27. The number of likely N-dealkylation sites (N-methyl/N-ethyl adjacent to an activating group) is 2. The van der Waals surface area contributed by atoms with Crippen LogP contribution in [0.25, 0.3) is 11.0 Å². The van der Waals surface area contributed by atoms with Gasteiger partial charge in [0.1, 0.15) is 23.9 Å². The Balaban J connectivity index is 1.16. The summed E-state index contributed by atoms with van der Waals surface area (Å²) in [6.45, 7) is 1.55. The molecule has 6 rings (SSSR count). The summed E-state index contributed by atoms with van der Waals surface area (Å²) in [5, 5.41) is 8.18. The van der Waals surface area contributed by atoms with E-state index in [9.17, 15) is 28.8 Å². The van der Waals surface area contributed by atoms with Gasteiger partial charge in [-0.15, -0.1) is 0 Å². The van der Waals surface area contributed by atoms with Gasteiger partial charge in [0.2, 0.25) is 17.6 Å². The highest BCUT2D eigenvalue weighted by Gasteiger charge is 2.47. The number of hydrogen-bond acceptors (Lipinski definition) is 7. The van der Waals surface area contributed by atoms with Crippen LogP contribution in [0.5, 0.6) is 0 Å². The topological polar surface area (TPSA) is 160 Å².